The third kappa shape index (κ3) is 5.49. The van der Waals surface area contributed by atoms with E-state index in [9.17, 15) is 9.59 Å². The molecule has 0 saturated heterocycles. The van der Waals surface area contributed by atoms with E-state index in [2.05, 4.69) is 39.4 Å². The molecule has 4 rings (SSSR count). The zero-order valence-corrected chi connectivity index (χ0v) is 24.4. The van der Waals surface area contributed by atoms with Gasteiger partial charge in [0.1, 0.15) is 11.4 Å². The van der Waals surface area contributed by atoms with Crippen LogP contribution in [0.3, 0.4) is 0 Å². The number of nitrogens with one attached hydrogen (secondary N) is 2. The van der Waals surface area contributed by atoms with Crippen LogP contribution in [0.2, 0.25) is 5.28 Å². The van der Waals surface area contributed by atoms with Crippen LogP contribution in [0.4, 0.5) is 16.0 Å². The number of Topliss-reactive ketones (excluding diaryl/α,β-unsaturated/α-hetero) is 1. The Morgan fingerprint density at radius 1 is 1.08 bits per heavy atom. The molecule has 208 valence electrons. The molecular weight excluding hydrogens is 517 g/mol. The molecule has 0 saturated carbocycles. The number of hydrogen-bond donors (Lipinski definition) is 2. The molecule has 1 aliphatic heterocycles. The van der Waals surface area contributed by atoms with Crippen molar-refractivity contribution in [3.05, 3.63) is 56.4 Å². The summed E-state index contributed by atoms with van der Waals surface area (Å²) < 4.78 is 16.4. The minimum absolute atomic E-state index is 0.0281. The van der Waals surface area contributed by atoms with Gasteiger partial charge in [-0.2, -0.15) is 4.98 Å². The lowest BCUT2D eigenvalue weighted by Crippen LogP contribution is -2.33. The highest BCUT2D eigenvalue weighted by molar-refractivity contribution is 6.28. The van der Waals surface area contributed by atoms with Gasteiger partial charge in [-0.3, -0.25) is 9.59 Å². The highest BCUT2D eigenvalue weighted by Gasteiger charge is 2.32. The molecule has 39 heavy (non-hydrogen) atoms. The largest absolute Gasteiger partial charge is 0.351 e. The number of carbonyl (C=O) groups is 2. The van der Waals surface area contributed by atoms with Gasteiger partial charge in [-0.25, -0.2) is 14.4 Å². The highest BCUT2D eigenvalue weighted by Crippen LogP contribution is 2.42. The lowest BCUT2D eigenvalue weighted by atomic mass is 9.76. The second-order valence-electron chi connectivity index (χ2n) is 10.5. The average Bonchev–Trinajstić information content (AvgIpc) is 2.93. The molecular formula is C30H37ClFN5O2. The highest BCUT2D eigenvalue weighted by atomic mass is 35.5. The fraction of sp³-hybridized carbons (Fsp3) is 0.500. The van der Waals surface area contributed by atoms with Crippen LogP contribution in [0.15, 0.2) is 22.9 Å². The summed E-state index contributed by atoms with van der Waals surface area (Å²) >= 11 is 6.13. The summed E-state index contributed by atoms with van der Waals surface area (Å²) in [5.74, 6) is -0.562. The summed E-state index contributed by atoms with van der Waals surface area (Å²) in [6, 6.07) is 0. The topological polar surface area (TPSA) is 96.9 Å². The molecule has 3 heterocycles. The number of halogens is 2. The van der Waals surface area contributed by atoms with Crippen molar-refractivity contribution < 1.29 is 14.0 Å². The molecule has 9 heteroatoms. The number of pyridine rings is 1. The second kappa shape index (κ2) is 11.9. The summed E-state index contributed by atoms with van der Waals surface area (Å²) in [6.07, 6.45) is 5.63. The quantitative estimate of drug-likeness (QED) is 0.262. The molecule has 0 spiro atoms. The maximum atomic E-state index is 16.4. The Morgan fingerprint density at radius 2 is 1.79 bits per heavy atom. The molecule has 1 unspecified atom stereocenters. The Morgan fingerprint density at radius 3 is 2.46 bits per heavy atom. The predicted octanol–water partition coefficient (Wildman–Crippen LogP) is 6.78. The molecule has 2 aliphatic rings. The van der Waals surface area contributed by atoms with Crippen molar-refractivity contribution in [1.29, 1.82) is 0 Å². The van der Waals surface area contributed by atoms with Crippen LogP contribution < -0.4 is 10.6 Å². The van der Waals surface area contributed by atoms with Crippen LogP contribution in [0, 0.1) is 17.7 Å². The number of aromatic nitrogens is 3. The van der Waals surface area contributed by atoms with Crippen LogP contribution in [-0.2, 0) is 17.6 Å². The predicted molar refractivity (Wildman–Crippen MR) is 153 cm³/mol. The SMILES string of the molecule is CCC1=C(/C(C(=O)C(C)CC)=C(\C)[C@@H](C)CC)CCc2cnc(Nc3nc(Cl)nc4c3C(=O)NCC4)c(F)c21. The van der Waals surface area contributed by atoms with Gasteiger partial charge in [-0.1, -0.05) is 40.2 Å². The minimum atomic E-state index is -0.530. The monoisotopic (exact) mass is 553 g/mol. The molecule has 2 aromatic heterocycles. The number of rotatable bonds is 9. The maximum Gasteiger partial charge on any atom is 0.256 e. The van der Waals surface area contributed by atoms with Crippen molar-refractivity contribution in [2.45, 2.75) is 80.1 Å². The van der Waals surface area contributed by atoms with Gasteiger partial charge in [-0.15, -0.1) is 0 Å². The van der Waals surface area contributed by atoms with E-state index >= 15 is 4.39 Å². The van der Waals surface area contributed by atoms with E-state index in [1.54, 1.807) is 6.20 Å². The number of allylic oxidation sites excluding steroid dienone is 4. The first-order valence-corrected chi connectivity index (χ1v) is 14.3. The van der Waals surface area contributed by atoms with Gasteiger partial charge >= 0.3 is 0 Å². The number of ketones is 1. The van der Waals surface area contributed by atoms with Crippen molar-refractivity contribution >= 4 is 40.5 Å². The van der Waals surface area contributed by atoms with E-state index in [1.165, 1.54) is 0 Å². The number of fused-ring (bicyclic) bond motifs is 2. The molecule has 1 amide bonds. The summed E-state index contributed by atoms with van der Waals surface area (Å²) in [6.45, 7) is 12.7. The third-order valence-corrected chi connectivity index (χ3v) is 8.35. The van der Waals surface area contributed by atoms with Crippen LogP contribution >= 0.6 is 11.6 Å². The maximum absolute atomic E-state index is 16.4. The van der Waals surface area contributed by atoms with Crippen LogP contribution in [0.5, 0.6) is 0 Å². The minimum Gasteiger partial charge on any atom is -0.351 e. The molecule has 0 radical (unpaired) electrons. The van der Waals surface area contributed by atoms with Gasteiger partial charge < -0.3 is 10.6 Å². The average molecular weight is 554 g/mol. The first-order chi connectivity index (χ1) is 18.6. The summed E-state index contributed by atoms with van der Waals surface area (Å²) in [4.78, 5) is 39.0. The number of hydrogen-bond acceptors (Lipinski definition) is 6. The van der Waals surface area contributed by atoms with Crippen molar-refractivity contribution in [3.8, 4) is 0 Å². The van der Waals surface area contributed by atoms with E-state index in [0.717, 1.165) is 40.7 Å². The smallest absolute Gasteiger partial charge is 0.256 e. The van der Waals surface area contributed by atoms with Gasteiger partial charge in [0, 0.05) is 36.2 Å². The zero-order valence-electron chi connectivity index (χ0n) is 23.6. The second-order valence-corrected chi connectivity index (χ2v) is 10.8. The number of carbonyl (C=O) groups excluding carboxylic acids is 2. The molecule has 2 atom stereocenters. The molecule has 0 fully saturated rings. The number of nitrogens with zero attached hydrogens (tertiary/aromatic N) is 3. The number of anilines is 2. The standard InChI is InChI=1S/C30H37ClFN5O2/c1-7-15(4)17(6)22(26(38)16(5)8-2)20-11-10-18-14-34-28(25(32)23(18)19(20)9-3)36-27-24-21(35-30(31)37-27)12-13-33-29(24)39/h14-16H,7-13H2,1-6H3,(H,33,39)(H,34,35,36,37)/b22-17-/t15-,16?/m0/s1. The summed E-state index contributed by atoms with van der Waals surface area (Å²) in [7, 11) is 0. The fourth-order valence-corrected chi connectivity index (χ4v) is 5.59. The zero-order chi connectivity index (χ0) is 28.4. The van der Waals surface area contributed by atoms with E-state index in [4.69, 9.17) is 11.6 Å². The third-order valence-electron chi connectivity index (χ3n) is 8.18. The van der Waals surface area contributed by atoms with E-state index < -0.39 is 5.82 Å². The first kappa shape index (κ1) is 28.9. The lowest BCUT2D eigenvalue weighted by molar-refractivity contribution is -0.118. The fourth-order valence-electron chi connectivity index (χ4n) is 5.40. The number of aryl methyl sites for hydroxylation is 1. The van der Waals surface area contributed by atoms with E-state index in [0.29, 0.717) is 43.5 Å². The van der Waals surface area contributed by atoms with E-state index in [-0.39, 0.29) is 46.0 Å². The Balaban J connectivity index is 1.87. The summed E-state index contributed by atoms with van der Waals surface area (Å²) in [5.41, 5.74) is 5.62. The number of amides is 1. The first-order valence-electron chi connectivity index (χ1n) is 13.9. The van der Waals surface area contributed by atoms with Gasteiger partial charge in [0.25, 0.3) is 5.91 Å². The van der Waals surface area contributed by atoms with Crippen molar-refractivity contribution in [2.75, 3.05) is 11.9 Å². The Labute approximate surface area is 234 Å². The normalized spacial score (nSPS) is 17.1. The van der Waals surface area contributed by atoms with Crippen LogP contribution in [0.1, 0.15) is 94.4 Å². The summed E-state index contributed by atoms with van der Waals surface area (Å²) in [5, 5.41) is 5.67. The Hall–Kier alpha value is -3.13. The van der Waals surface area contributed by atoms with Gasteiger partial charge in [0.05, 0.1) is 5.69 Å². The van der Waals surface area contributed by atoms with E-state index in [1.807, 2.05) is 27.7 Å². The molecule has 0 bridgehead atoms. The molecule has 0 aromatic carbocycles. The molecule has 7 nitrogen and oxygen atoms in total. The lowest BCUT2D eigenvalue weighted by Gasteiger charge is -2.28. The van der Waals surface area contributed by atoms with Crippen molar-refractivity contribution in [2.24, 2.45) is 11.8 Å². The van der Waals surface area contributed by atoms with Crippen LogP contribution in [-0.4, -0.2) is 33.2 Å². The van der Waals surface area contributed by atoms with Crippen molar-refractivity contribution in [3.63, 3.8) is 0 Å². The van der Waals surface area contributed by atoms with Crippen LogP contribution in [0.25, 0.3) is 5.57 Å². The Kier molecular flexibility index (Phi) is 8.84. The van der Waals surface area contributed by atoms with Gasteiger partial charge in [-0.05, 0) is 73.3 Å². The van der Waals surface area contributed by atoms with Gasteiger partial charge in [0.2, 0.25) is 5.28 Å². The molecule has 2 aromatic rings. The van der Waals surface area contributed by atoms with Gasteiger partial charge in [0.15, 0.2) is 17.4 Å². The Bertz CT molecular complexity index is 1380. The molecule has 1 aliphatic carbocycles. The molecule has 2 N–H and O–H groups in total. The van der Waals surface area contributed by atoms with Crippen molar-refractivity contribution in [1.82, 2.24) is 20.3 Å².